The van der Waals surface area contributed by atoms with Crippen molar-refractivity contribution in [1.82, 2.24) is 5.32 Å². The zero-order valence-corrected chi connectivity index (χ0v) is 12.6. The van der Waals surface area contributed by atoms with E-state index in [4.69, 9.17) is 0 Å². The zero-order valence-electron chi connectivity index (χ0n) is 11.0. The Labute approximate surface area is 124 Å². The van der Waals surface area contributed by atoms with E-state index in [0.717, 1.165) is 24.0 Å². The summed E-state index contributed by atoms with van der Waals surface area (Å²) < 4.78 is 41.6. The molecular weight excluding hydrogens is 335 g/mol. The van der Waals surface area contributed by atoms with Crippen LogP contribution in [0.3, 0.4) is 0 Å². The summed E-state index contributed by atoms with van der Waals surface area (Å²) in [5, 5.41) is 3.25. The van der Waals surface area contributed by atoms with E-state index in [1.54, 1.807) is 0 Å². The van der Waals surface area contributed by atoms with Gasteiger partial charge >= 0.3 is 6.18 Å². The molecule has 6 heteroatoms. The van der Waals surface area contributed by atoms with Crippen molar-refractivity contribution in [2.75, 3.05) is 26.3 Å². The van der Waals surface area contributed by atoms with Gasteiger partial charge in [0.05, 0.1) is 0 Å². The second-order valence-electron chi connectivity index (χ2n) is 5.17. The number of halogens is 4. The normalized spacial score (nSPS) is 17.8. The van der Waals surface area contributed by atoms with Crippen LogP contribution in [0.5, 0.6) is 0 Å². The average molecular weight is 352 g/mol. The van der Waals surface area contributed by atoms with Gasteiger partial charge in [-0.05, 0) is 30.5 Å². The summed E-state index contributed by atoms with van der Waals surface area (Å²) in [6.07, 6.45) is -2.78. The molecule has 1 aromatic carbocycles. The Bertz CT molecular complexity index is 446. The van der Waals surface area contributed by atoms with Gasteiger partial charge in [-0.2, -0.15) is 13.2 Å². The molecule has 0 unspecified atom stereocenters. The lowest BCUT2D eigenvalue weighted by atomic mass is 9.72. The summed E-state index contributed by atoms with van der Waals surface area (Å²) in [6, 6.07) is 8.11. The minimum atomic E-state index is -4.24. The highest BCUT2D eigenvalue weighted by Crippen LogP contribution is 2.34. The van der Waals surface area contributed by atoms with Gasteiger partial charge in [-0.25, -0.2) is 0 Å². The molecule has 1 aliphatic rings. The van der Waals surface area contributed by atoms with Gasteiger partial charge in [0, 0.05) is 29.6 Å². The maximum atomic E-state index is 12.0. The fourth-order valence-corrected chi connectivity index (χ4v) is 2.87. The molecule has 0 aliphatic carbocycles. The number of rotatable bonds is 6. The average Bonchev–Trinajstić information content (AvgIpc) is 2.30. The first-order chi connectivity index (χ1) is 9.41. The van der Waals surface area contributed by atoms with Gasteiger partial charge in [0.2, 0.25) is 0 Å². The molecular formula is C14H17BrF3NO. The number of hydrogen-bond acceptors (Lipinski definition) is 2. The highest BCUT2D eigenvalue weighted by atomic mass is 79.9. The van der Waals surface area contributed by atoms with Gasteiger partial charge in [0.15, 0.2) is 0 Å². The van der Waals surface area contributed by atoms with Gasteiger partial charge in [0.1, 0.15) is 6.61 Å². The molecule has 1 N–H and O–H groups in total. The molecule has 2 rings (SSSR count). The summed E-state index contributed by atoms with van der Waals surface area (Å²) in [5.41, 5.74) is 1.26. The number of nitrogens with one attached hydrogen (secondary N) is 1. The first kappa shape index (κ1) is 15.8. The smallest absolute Gasteiger partial charge is 0.372 e. The molecule has 0 radical (unpaired) electrons. The van der Waals surface area contributed by atoms with Crippen LogP contribution >= 0.6 is 15.9 Å². The highest BCUT2D eigenvalue weighted by Gasteiger charge is 2.38. The molecule has 1 aliphatic heterocycles. The molecule has 20 heavy (non-hydrogen) atoms. The zero-order chi connectivity index (χ0) is 14.6. The molecule has 2 nitrogen and oxygen atoms in total. The standard InChI is InChI=1S/C14H17BrF3NO/c15-12-4-1-3-11(7-12)13(8-19-9-13)5-2-6-20-10-14(16,17)18/h1,3-4,7,19H,2,5-6,8-10H2. The maximum absolute atomic E-state index is 12.0. The van der Waals surface area contributed by atoms with Crippen molar-refractivity contribution in [3.8, 4) is 0 Å². The van der Waals surface area contributed by atoms with Crippen LogP contribution < -0.4 is 5.32 Å². The van der Waals surface area contributed by atoms with Gasteiger partial charge in [0.25, 0.3) is 0 Å². The van der Waals surface area contributed by atoms with Crippen molar-refractivity contribution < 1.29 is 17.9 Å². The topological polar surface area (TPSA) is 21.3 Å². The molecule has 1 fully saturated rings. The third kappa shape index (κ3) is 4.20. The number of ether oxygens (including phenoxy) is 1. The van der Waals surface area contributed by atoms with E-state index in [9.17, 15) is 13.2 Å². The second-order valence-corrected chi connectivity index (χ2v) is 6.08. The van der Waals surface area contributed by atoms with Crippen LogP contribution in [0.1, 0.15) is 18.4 Å². The van der Waals surface area contributed by atoms with Crippen LogP contribution in [0.15, 0.2) is 28.7 Å². The summed E-state index contributed by atoms with van der Waals surface area (Å²) in [6.45, 7) is 0.718. The van der Waals surface area contributed by atoms with Crippen molar-refractivity contribution in [2.45, 2.75) is 24.4 Å². The van der Waals surface area contributed by atoms with Crippen LogP contribution in [-0.2, 0) is 10.2 Å². The van der Waals surface area contributed by atoms with E-state index < -0.39 is 12.8 Å². The Morgan fingerprint density at radius 2 is 2.05 bits per heavy atom. The Kier molecular flexibility index (Phi) is 5.09. The van der Waals surface area contributed by atoms with Crippen molar-refractivity contribution in [3.05, 3.63) is 34.3 Å². The SMILES string of the molecule is FC(F)(F)COCCCC1(c2cccc(Br)c2)CNC1. The molecule has 0 saturated carbocycles. The largest absolute Gasteiger partial charge is 0.411 e. The monoisotopic (exact) mass is 351 g/mol. The van der Waals surface area contributed by atoms with Crippen molar-refractivity contribution >= 4 is 15.9 Å². The molecule has 1 aromatic rings. The summed E-state index contributed by atoms with van der Waals surface area (Å²) in [5.74, 6) is 0. The van der Waals surface area contributed by atoms with E-state index in [-0.39, 0.29) is 12.0 Å². The van der Waals surface area contributed by atoms with Crippen LogP contribution in [-0.4, -0.2) is 32.5 Å². The summed E-state index contributed by atoms with van der Waals surface area (Å²) in [7, 11) is 0. The lowest BCUT2D eigenvalue weighted by Crippen LogP contribution is -2.56. The number of alkyl halides is 3. The molecule has 1 heterocycles. The third-order valence-corrected chi connectivity index (χ3v) is 4.07. The van der Waals surface area contributed by atoms with Crippen molar-refractivity contribution in [2.24, 2.45) is 0 Å². The highest BCUT2D eigenvalue weighted by molar-refractivity contribution is 9.10. The predicted molar refractivity (Wildman–Crippen MR) is 74.8 cm³/mol. The first-order valence-electron chi connectivity index (χ1n) is 6.53. The molecule has 0 bridgehead atoms. The summed E-state index contributed by atoms with van der Waals surface area (Å²) in [4.78, 5) is 0. The van der Waals surface area contributed by atoms with E-state index in [2.05, 4.69) is 38.1 Å². The molecule has 0 amide bonds. The maximum Gasteiger partial charge on any atom is 0.411 e. The van der Waals surface area contributed by atoms with E-state index in [0.29, 0.717) is 6.42 Å². The fraction of sp³-hybridized carbons (Fsp3) is 0.571. The van der Waals surface area contributed by atoms with Crippen molar-refractivity contribution in [3.63, 3.8) is 0 Å². The first-order valence-corrected chi connectivity index (χ1v) is 7.32. The fourth-order valence-electron chi connectivity index (χ4n) is 2.47. The van der Waals surface area contributed by atoms with Crippen LogP contribution in [0.2, 0.25) is 0 Å². The van der Waals surface area contributed by atoms with E-state index >= 15 is 0 Å². The molecule has 112 valence electrons. The Morgan fingerprint density at radius 1 is 1.30 bits per heavy atom. The minimum Gasteiger partial charge on any atom is -0.372 e. The molecule has 0 spiro atoms. The third-order valence-electron chi connectivity index (χ3n) is 3.57. The van der Waals surface area contributed by atoms with Crippen LogP contribution in [0.25, 0.3) is 0 Å². The predicted octanol–water partition coefficient (Wildman–Crippen LogP) is 3.65. The Hall–Kier alpha value is -0.590. The Morgan fingerprint density at radius 3 is 2.60 bits per heavy atom. The lowest BCUT2D eigenvalue weighted by Gasteiger charge is -2.43. The Balaban J connectivity index is 1.83. The number of benzene rings is 1. The van der Waals surface area contributed by atoms with Crippen LogP contribution in [0, 0.1) is 0 Å². The second kappa shape index (κ2) is 6.45. The molecule has 0 aromatic heterocycles. The quantitative estimate of drug-likeness (QED) is 0.790. The van der Waals surface area contributed by atoms with Gasteiger partial charge < -0.3 is 10.1 Å². The van der Waals surface area contributed by atoms with Crippen molar-refractivity contribution in [1.29, 1.82) is 0 Å². The summed E-state index contributed by atoms with van der Waals surface area (Å²) >= 11 is 3.45. The van der Waals surface area contributed by atoms with E-state index in [1.165, 1.54) is 5.56 Å². The van der Waals surface area contributed by atoms with Gasteiger partial charge in [-0.1, -0.05) is 28.1 Å². The molecule has 0 atom stereocenters. The van der Waals surface area contributed by atoms with Gasteiger partial charge in [-0.15, -0.1) is 0 Å². The van der Waals surface area contributed by atoms with E-state index in [1.807, 2.05) is 12.1 Å². The minimum absolute atomic E-state index is 0.0331. The lowest BCUT2D eigenvalue weighted by molar-refractivity contribution is -0.174. The van der Waals surface area contributed by atoms with Gasteiger partial charge in [-0.3, -0.25) is 0 Å². The number of hydrogen-bond donors (Lipinski definition) is 1. The molecule has 1 saturated heterocycles. The van der Waals surface area contributed by atoms with Crippen LogP contribution in [0.4, 0.5) is 13.2 Å².